The Hall–Kier alpha value is -0.610. The van der Waals surface area contributed by atoms with Crippen LogP contribution in [0.4, 0.5) is 0 Å². The number of ether oxygens (including phenoxy) is 1. The largest absolute Gasteiger partial charge is 0.468 e. The van der Waals surface area contributed by atoms with Crippen LogP contribution in [0.1, 0.15) is 40.0 Å². The van der Waals surface area contributed by atoms with Gasteiger partial charge in [-0.1, -0.05) is 13.8 Å². The van der Waals surface area contributed by atoms with E-state index in [4.69, 9.17) is 4.74 Å². The number of esters is 1. The molecule has 0 saturated heterocycles. The fourth-order valence-electron chi connectivity index (χ4n) is 1.95. The van der Waals surface area contributed by atoms with Crippen molar-refractivity contribution in [2.75, 3.05) is 33.8 Å². The van der Waals surface area contributed by atoms with Crippen molar-refractivity contribution >= 4 is 5.97 Å². The molecule has 0 radical (unpaired) electrons. The van der Waals surface area contributed by atoms with Gasteiger partial charge >= 0.3 is 5.97 Å². The molecule has 0 rings (SSSR count). The Morgan fingerprint density at radius 1 is 1.35 bits per heavy atom. The van der Waals surface area contributed by atoms with Crippen LogP contribution >= 0.6 is 0 Å². The molecule has 0 aliphatic carbocycles. The highest BCUT2D eigenvalue weighted by Gasteiger charge is 2.31. The van der Waals surface area contributed by atoms with Crippen molar-refractivity contribution in [3.63, 3.8) is 0 Å². The van der Waals surface area contributed by atoms with Crippen LogP contribution in [0.5, 0.6) is 0 Å². The van der Waals surface area contributed by atoms with Gasteiger partial charge in [0.05, 0.1) is 7.11 Å². The molecule has 0 saturated carbocycles. The Morgan fingerprint density at radius 2 is 2.00 bits per heavy atom. The van der Waals surface area contributed by atoms with E-state index < -0.39 is 5.54 Å². The lowest BCUT2D eigenvalue weighted by atomic mass is 9.96. The summed E-state index contributed by atoms with van der Waals surface area (Å²) in [5.74, 6) is -0.182. The van der Waals surface area contributed by atoms with Crippen LogP contribution < -0.4 is 5.32 Å². The van der Waals surface area contributed by atoms with Crippen LogP contribution in [0.25, 0.3) is 0 Å². The van der Waals surface area contributed by atoms with Gasteiger partial charge in [-0.3, -0.25) is 4.79 Å². The molecular formula is C13H28N2O2. The zero-order valence-corrected chi connectivity index (χ0v) is 12.0. The minimum absolute atomic E-state index is 0.182. The second-order valence-electron chi connectivity index (χ2n) is 4.61. The topological polar surface area (TPSA) is 41.6 Å². The number of hydrogen-bond donors (Lipinski definition) is 1. The van der Waals surface area contributed by atoms with E-state index in [0.29, 0.717) is 0 Å². The van der Waals surface area contributed by atoms with Gasteiger partial charge in [-0.05, 0) is 52.9 Å². The highest BCUT2D eigenvalue weighted by atomic mass is 16.5. The molecule has 0 aromatic rings. The van der Waals surface area contributed by atoms with Gasteiger partial charge in [-0.25, -0.2) is 0 Å². The van der Waals surface area contributed by atoms with Gasteiger partial charge in [0.2, 0.25) is 0 Å². The molecule has 4 nitrogen and oxygen atoms in total. The van der Waals surface area contributed by atoms with Crippen LogP contribution in [0, 0.1) is 0 Å². The van der Waals surface area contributed by atoms with Gasteiger partial charge in [-0.15, -0.1) is 0 Å². The predicted molar refractivity (Wildman–Crippen MR) is 71.1 cm³/mol. The summed E-state index contributed by atoms with van der Waals surface area (Å²) in [5.41, 5.74) is -0.555. The van der Waals surface area contributed by atoms with Gasteiger partial charge in [0.1, 0.15) is 5.54 Å². The lowest BCUT2D eigenvalue weighted by molar-refractivity contribution is -0.148. The molecule has 0 bridgehead atoms. The third-order valence-corrected chi connectivity index (χ3v) is 3.33. The number of methoxy groups -OCH3 is 1. The summed E-state index contributed by atoms with van der Waals surface area (Å²) < 4.78 is 4.82. The summed E-state index contributed by atoms with van der Waals surface area (Å²) >= 11 is 0. The molecule has 4 heteroatoms. The van der Waals surface area contributed by atoms with E-state index in [1.807, 2.05) is 6.92 Å². The van der Waals surface area contributed by atoms with E-state index in [2.05, 4.69) is 24.1 Å². The standard InChI is InChI=1S/C13H28N2O2/c1-6-10-15(7-2)11-8-9-13(3,14-4)12(16)17-5/h14H,6-11H2,1-5H3. The first-order chi connectivity index (χ1) is 8.03. The van der Waals surface area contributed by atoms with Crippen LogP contribution in [0.15, 0.2) is 0 Å². The Kier molecular flexibility index (Phi) is 8.17. The fourth-order valence-corrected chi connectivity index (χ4v) is 1.95. The number of carbonyl (C=O) groups is 1. The van der Waals surface area contributed by atoms with E-state index in [9.17, 15) is 4.79 Å². The van der Waals surface area contributed by atoms with Crippen molar-refractivity contribution in [3.8, 4) is 0 Å². The van der Waals surface area contributed by atoms with Crippen molar-refractivity contribution < 1.29 is 9.53 Å². The number of carbonyl (C=O) groups excluding carboxylic acids is 1. The van der Waals surface area contributed by atoms with Crippen molar-refractivity contribution in [2.24, 2.45) is 0 Å². The molecule has 0 spiro atoms. The molecule has 1 atom stereocenters. The summed E-state index contributed by atoms with van der Waals surface area (Å²) in [4.78, 5) is 14.0. The maximum atomic E-state index is 11.6. The summed E-state index contributed by atoms with van der Waals surface area (Å²) in [7, 11) is 3.24. The quantitative estimate of drug-likeness (QED) is 0.626. The number of rotatable bonds is 9. The lowest BCUT2D eigenvalue weighted by Crippen LogP contribution is -2.48. The second kappa shape index (κ2) is 8.48. The first-order valence-electron chi connectivity index (χ1n) is 6.53. The van der Waals surface area contributed by atoms with Crippen LogP contribution in [0.3, 0.4) is 0 Å². The summed E-state index contributed by atoms with van der Waals surface area (Å²) in [6, 6.07) is 0. The summed E-state index contributed by atoms with van der Waals surface area (Å²) in [6.45, 7) is 9.50. The van der Waals surface area contributed by atoms with Crippen molar-refractivity contribution in [1.82, 2.24) is 10.2 Å². The maximum absolute atomic E-state index is 11.6. The van der Waals surface area contributed by atoms with Gasteiger partial charge in [-0.2, -0.15) is 0 Å². The molecule has 0 aromatic heterocycles. The van der Waals surface area contributed by atoms with Crippen LogP contribution in [-0.2, 0) is 9.53 Å². The van der Waals surface area contributed by atoms with Gasteiger partial charge < -0.3 is 15.0 Å². The molecular weight excluding hydrogens is 216 g/mol. The SMILES string of the molecule is CCCN(CC)CCCC(C)(NC)C(=O)OC. The zero-order chi connectivity index (χ0) is 13.3. The molecule has 0 aliphatic rings. The van der Waals surface area contributed by atoms with Crippen molar-refractivity contribution in [3.05, 3.63) is 0 Å². The Bertz CT molecular complexity index is 221. The number of hydrogen-bond acceptors (Lipinski definition) is 4. The number of likely N-dealkylation sites (N-methyl/N-ethyl adjacent to an activating group) is 1. The number of nitrogens with one attached hydrogen (secondary N) is 1. The molecule has 1 N–H and O–H groups in total. The second-order valence-corrected chi connectivity index (χ2v) is 4.61. The maximum Gasteiger partial charge on any atom is 0.325 e. The van der Waals surface area contributed by atoms with Gasteiger partial charge in [0.15, 0.2) is 0 Å². The minimum Gasteiger partial charge on any atom is -0.468 e. The molecule has 0 fully saturated rings. The average molecular weight is 244 g/mol. The van der Waals surface area contributed by atoms with E-state index in [1.54, 1.807) is 7.05 Å². The highest BCUT2D eigenvalue weighted by Crippen LogP contribution is 2.14. The third-order valence-electron chi connectivity index (χ3n) is 3.33. The Labute approximate surface area is 106 Å². The Balaban J connectivity index is 4.10. The van der Waals surface area contributed by atoms with Crippen molar-refractivity contribution in [1.29, 1.82) is 0 Å². The average Bonchev–Trinajstić information content (AvgIpc) is 2.36. The summed E-state index contributed by atoms with van der Waals surface area (Å²) in [6.07, 6.45) is 2.98. The van der Waals surface area contributed by atoms with E-state index in [1.165, 1.54) is 13.5 Å². The van der Waals surface area contributed by atoms with Crippen LogP contribution in [-0.4, -0.2) is 50.2 Å². The smallest absolute Gasteiger partial charge is 0.325 e. The first kappa shape index (κ1) is 16.4. The van der Waals surface area contributed by atoms with Crippen LogP contribution in [0.2, 0.25) is 0 Å². The third kappa shape index (κ3) is 5.50. The normalized spacial score (nSPS) is 14.7. The van der Waals surface area contributed by atoms with E-state index in [-0.39, 0.29) is 5.97 Å². The van der Waals surface area contributed by atoms with Crippen molar-refractivity contribution in [2.45, 2.75) is 45.6 Å². The monoisotopic (exact) mass is 244 g/mol. The molecule has 0 heterocycles. The van der Waals surface area contributed by atoms with Gasteiger partial charge in [0.25, 0.3) is 0 Å². The zero-order valence-electron chi connectivity index (χ0n) is 12.0. The molecule has 1 unspecified atom stereocenters. The number of nitrogens with zero attached hydrogens (tertiary/aromatic N) is 1. The van der Waals surface area contributed by atoms with E-state index >= 15 is 0 Å². The summed E-state index contributed by atoms with van der Waals surface area (Å²) in [5, 5.41) is 3.06. The predicted octanol–water partition coefficient (Wildman–Crippen LogP) is 1.65. The first-order valence-corrected chi connectivity index (χ1v) is 6.53. The van der Waals surface area contributed by atoms with Gasteiger partial charge in [0, 0.05) is 0 Å². The molecule has 0 aromatic carbocycles. The molecule has 0 aliphatic heterocycles. The Morgan fingerprint density at radius 3 is 2.41 bits per heavy atom. The van der Waals surface area contributed by atoms with E-state index in [0.717, 1.165) is 32.5 Å². The highest BCUT2D eigenvalue weighted by molar-refractivity contribution is 5.80. The minimum atomic E-state index is -0.555. The lowest BCUT2D eigenvalue weighted by Gasteiger charge is -2.27. The molecule has 102 valence electrons. The fraction of sp³-hybridized carbons (Fsp3) is 0.923. The molecule has 17 heavy (non-hydrogen) atoms. The molecule has 0 amide bonds.